The van der Waals surface area contributed by atoms with E-state index >= 15 is 0 Å². The first kappa shape index (κ1) is 15.0. The Morgan fingerprint density at radius 1 is 1.13 bits per heavy atom. The van der Waals surface area contributed by atoms with E-state index < -0.39 is 0 Å². The summed E-state index contributed by atoms with van der Waals surface area (Å²) in [7, 11) is 0. The van der Waals surface area contributed by atoms with Crippen molar-refractivity contribution in [2.24, 2.45) is 0 Å². The van der Waals surface area contributed by atoms with Crippen molar-refractivity contribution in [3.8, 4) is 22.4 Å². The van der Waals surface area contributed by atoms with Gasteiger partial charge in [-0.05, 0) is 36.8 Å². The molecule has 23 heavy (non-hydrogen) atoms. The van der Waals surface area contributed by atoms with Gasteiger partial charge in [-0.25, -0.2) is 0 Å². The van der Waals surface area contributed by atoms with Crippen LogP contribution in [0.25, 0.3) is 22.4 Å². The van der Waals surface area contributed by atoms with Gasteiger partial charge in [-0.2, -0.15) is 5.10 Å². The Hall–Kier alpha value is -2.88. The number of aromatic amines is 1. The summed E-state index contributed by atoms with van der Waals surface area (Å²) >= 11 is 0. The zero-order valence-corrected chi connectivity index (χ0v) is 13.3. The highest BCUT2D eigenvalue weighted by Crippen LogP contribution is 2.31. The number of anilines is 1. The van der Waals surface area contributed by atoms with Gasteiger partial charge in [0.2, 0.25) is 5.91 Å². The molecule has 3 aromatic rings. The minimum Gasteiger partial charge on any atom is -0.326 e. The fourth-order valence-corrected chi connectivity index (χ4v) is 2.52. The lowest BCUT2D eigenvalue weighted by Crippen LogP contribution is -2.10. The van der Waals surface area contributed by atoms with Crippen LogP contribution in [0.5, 0.6) is 0 Å². The topological polar surface area (TPSA) is 57.8 Å². The zero-order chi connectivity index (χ0) is 16.2. The molecule has 0 aliphatic carbocycles. The van der Waals surface area contributed by atoms with Gasteiger partial charge < -0.3 is 5.32 Å². The molecule has 0 bridgehead atoms. The Kier molecular flexibility index (Phi) is 4.24. The van der Waals surface area contributed by atoms with Crippen molar-refractivity contribution in [1.82, 2.24) is 10.2 Å². The predicted octanol–water partition coefficient (Wildman–Crippen LogP) is 4.40. The maximum Gasteiger partial charge on any atom is 0.224 e. The largest absolute Gasteiger partial charge is 0.326 e. The van der Waals surface area contributed by atoms with E-state index in [0.29, 0.717) is 6.42 Å². The molecule has 4 heteroatoms. The average molecular weight is 305 g/mol. The van der Waals surface area contributed by atoms with E-state index in [1.54, 1.807) is 6.20 Å². The molecular formula is C19H19N3O. The molecule has 0 unspecified atom stereocenters. The van der Waals surface area contributed by atoms with Crippen LogP contribution in [0, 0.1) is 6.92 Å². The summed E-state index contributed by atoms with van der Waals surface area (Å²) in [5, 5.41) is 9.96. The van der Waals surface area contributed by atoms with Crippen molar-refractivity contribution >= 4 is 11.6 Å². The third-order valence-corrected chi connectivity index (χ3v) is 3.76. The fourth-order valence-electron chi connectivity index (χ4n) is 2.52. The van der Waals surface area contributed by atoms with E-state index in [9.17, 15) is 4.79 Å². The van der Waals surface area contributed by atoms with E-state index in [1.165, 1.54) is 0 Å². The normalized spacial score (nSPS) is 10.5. The molecule has 0 fully saturated rings. The number of carbonyl (C=O) groups is 1. The molecule has 1 heterocycles. The van der Waals surface area contributed by atoms with Crippen molar-refractivity contribution in [3.63, 3.8) is 0 Å². The second-order valence-electron chi connectivity index (χ2n) is 5.50. The highest BCUT2D eigenvalue weighted by atomic mass is 16.1. The third kappa shape index (κ3) is 3.31. The zero-order valence-electron chi connectivity index (χ0n) is 13.3. The highest BCUT2D eigenvalue weighted by molar-refractivity contribution is 5.95. The summed E-state index contributed by atoms with van der Waals surface area (Å²) in [4.78, 5) is 11.8. The number of hydrogen-bond acceptors (Lipinski definition) is 2. The summed E-state index contributed by atoms with van der Waals surface area (Å²) in [5.74, 6) is 0.0137. The Bertz CT molecular complexity index is 822. The smallest absolute Gasteiger partial charge is 0.224 e. The molecule has 0 aliphatic rings. The summed E-state index contributed by atoms with van der Waals surface area (Å²) in [6.07, 6.45) is 2.20. The molecule has 116 valence electrons. The average Bonchev–Trinajstić information content (AvgIpc) is 3.11. The number of rotatable bonds is 4. The SMILES string of the molecule is CCC(=O)Nc1ccc(C)cc1-c1cccc(-c2ccn[nH]2)c1. The number of aromatic nitrogens is 2. The molecule has 3 rings (SSSR count). The van der Waals surface area contributed by atoms with Gasteiger partial charge >= 0.3 is 0 Å². The van der Waals surface area contributed by atoms with Crippen LogP contribution >= 0.6 is 0 Å². The van der Waals surface area contributed by atoms with Gasteiger partial charge in [0.05, 0.1) is 5.69 Å². The van der Waals surface area contributed by atoms with Crippen LogP contribution in [0.4, 0.5) is 5.69 Å². The van der Waals surface area contributed by atoms with E-state index in [2.05, 4.69) is 33.7 Å². The molecule has 0 saturated heterocycles. The maximum atomic E-state index is 11.8. The second-order valence-corrected chi connectivity index (χ2v) is 5.50. The number of hydrogen-bond donors (Lipinski definition) is 2. The van der Waals surface area contributed by atoms with Crippen molar-refractivity contribution in [2.75, 3.05) is 5.32 Å². The van der Waals surface area contributed by atoms with E-state index in [-0.39, 0.29) is 5.91 Å². The van der Waals surface area contributed by atoms with Crippen LogP contribution in [-0.2, 0) is 4.79 Å². The lowest BCUT2D eigenvalue weighted by molar-refractivity contribution is -0.115. The fraction of sp³-hybridized carbons (Fsp3) is 0.158. The minimum absolute atomic E-state index is 0.0137. The molecule has 1 aromatic heterocycles. The molecular weight excluding hydrogens is 286 g/mol. The van der Waals surface area contributed by atoms with Gasteiger partial charge in [0.1, 0.15) is 0 Å². The highest BCUT2D eigenvalue weighted by Gasteiger charge is 2.09. The quantitative estimate of drug-likeness (QED) is 0.750. The second kappa shape index (κ2) is 6.48. The Morgan fingerprint density at radius 2 is 1.96 bits per heavy atom. The summed E-state index contributed by atoms with van der Waals surface area (Å²) in [6, 6.07) is 16.2. The van der Waals surface area contributed by atoms with Crippen LogP contribution in [0.1, 0.15) is 18.9 Å². The van der Waals surface area contributed by atoms with Crippen LogP contribution in [0.3, 0.4) is 0 Å². The summed E-state index contributed by atoms with van der Waals surface area (Å²) < 4.78 is 0. The molecule has 0 saturated carbocycles. The van der Waals surface area contributed by atoms with Crippen LogP contribution in [0.15, 0.2) is 54.7 Å². The monoisotopic (exact) mass is 305 g/mol. The first-order valence-corrected chi connectivity index (χ1v) is 7.68. The van der Waals surface area contributed by atoms with Crippen molar-refractivity contribution in [1.29, 1.82) is 0 Å². The Labute approximate surface area is 135 Å². The van der Waals surface area contributed by atoms with Gasteiger partial charge in [-0.1, -0.05) is 36.8 Å². The van der Waals surface area contributed by atoms with E-state index in [0.717, 1.165) is 33.6 Å². The summed E-state index contributed by atoms with van der Waals surface area (Å²) in [5.41, 5.74) is 6.11. The number of amides is 1. The van der Waals surface area contributed by atoms with Gasteiger partial charge in [0.15, 0.2) is 0 Å². The first-order chi connectivity index (χ1) is 11.2. The number of nitrogens with one attached hydrogen (secondary N) is 2. The predicted molar refractivity (Wildman–Crippen MR) is 93.1 cm³/mol. The number of benzene rings is 2. The van der Waals surface area contributed by atoms with Crippen LogP contribution in [0.2, 0.25) is 0 Å². The number of H-pyrrole nitrogens is 1. The van der Waals surface area contributed by atoms with Crippen molar-refractivity contribution < 1.29 is 4.79 Å². The van der Waals surface area contributed by atoms with Crippen molar-refractivity contribution in [2.45, 2.75) is 20.3 Å². The van der Waals surface area contributed by atoms with Gasteiger partial charge in [0, 0.05) is 29.4 Å². The standard InChI is InChI=1S/C19H19N3O/c1-3-19(23)21-18-8-7-13(2)11-16(18)14-5-4-6-15(12-14)17-9-10-20-22-17/h4-12H,3H2,1-2H3,(H,20,22)(H,21,23). The minimum atomic E-state index is 0.0137. The molecule has 2 N–H and O–H groups in total. The van der Waals surface area contributed by atoms with Crippen LogP contribution in [-0.4, -0.2) is 16.1 Å². The lowest BCUT2D eigenvalue weighted by Gasteiger charge is -2.13. The lowest BCUT2D eigenvalue weighted by atomic mass is 9.98. The molecule has 0 atom stereocenters. The number of aryl methyl sites for hydroxylation is 1. The number of carbonyl (C=O) groups excluding carboxylic acids is 1. The molecule has 1 amide bonds. The van der Waals surface area contributed by atoms with Gasteiger partial charge in [0.25, 0.3) is 0 Å². The Morgan fingerprint density at radius 3 is 2.70 bits per heavy atom. The first-order valence-electron chi connectivity index (χ1n) is 7.68. The Balaban J connectivity index is 2.05. The van der Waals surface area contributed by atoms with E-state index in [1.807, 2.05) is 44.2 Å². The molecule has 4 nitrogen and oxygen atoms in total. The molecule has 2 aromatic carbocycles. The van der Waals surface area contributed by atoms with Crippen LogP contribution < -0.4 is 5.32 Å². The molecule has 0 spiro atoms. The molecule has 0 aliphatic heterocycles. The van der Waals surface area contributed by atoms with Gasteiger partial charge in [-0.15, -0.1) is 0 Å². The summed E-state index contributed by atoms with van der Waals surface area (Å²) in [6.45, 7) is 3.90. The van der Waals surface area contributed by atoms with E-state index in [4.69, 9.17) is 0 Å². The maximum absolute atomic E-state index is 11.8. The van der Waals surface area contributed by atoms with Gasteiger partial charge in [-0.3, -0.25) is 9.89 Å². The van der Waals surface area contributed by atoms with Crippen molar-refractivity contribution in [3.05, 3.63) is 60.3 Å². The molecule has 0 radical (unpaired) electrons. The third-order valence-electron chi connectivity index (χ3n) is 3.76. The number of nitrogens with zero attached hydrogens (tertiary/aromatic N) is 1.